The Kier molecular flexibility index (Phi) is 5.43. The van der Waals surface area contributed by atoms with E-state index < -0.39 is 0 Å². The molecule has 110 valence electrons. The monoisotopic (exact) mass is 296 g/mol. The van der Waals surface area contributed by atoms with Gasteiger partial charge in [-0.15, -0.1) is 0 Å². The fourth-order valence-corrected chi connectivity index (χ4v) is 3.09. The first-order valence-corrected chi connectivity index (χ1v) is 8.29. The molecule has 0 aromatic heterocycles. The Morgan fingerprint density at radius 1 is 1.55 bits per heavy atom. The summed E-state index contributed by atoms with van der Waals surface area (Å²) in [4.78, 5) is 14.4. The van der Waals surface area contributed by atoms with Crippen molar-refractivity contribution in [2.45, 2.75) is 24.6 Å². The summed E-state index contributed by atoms with van der Waals surface area (Å²) in [5.41, 5.74) is 1.19. The molecular weight excluding hydrogens is 275 g/mol. The summed E-state index contributed by atoms with van der Waals surface area (Å²) in [6.07, 6.45) is 4.04. The van der Waals surface area contributed by atoms with Crippen molar-refractivity contribution in [3.63, 3.8) is 0 Å². The summed E-state index contributed by atoms with van der Waals surface area (Å²) < 4.78 is 13.6. The number of likely N-dealkylation sites (tertiary alicyclic amines) is 1. The third kappa shape index (κ3) is 3.52. The fourth-order valence-electron chi connectivity index (χ4n) is 2.55. The fraction of sp³-hybridized carbons (Fsp3) is 0.533. The molecule has 1 unspecified atom stereocenters. The van der Waals surface area contributed by atoms with Crippen LogP contribution in [-0.4, -0.2) is 43.2 Å². The van der Waals surface area contributed by atoms with E-state index in [1.54, 1.807) is 23.9 Å². The summed E-state index contributed by atoms with van der Waals surface area (Å²) in [5.74, 6) is 0.362. The van der Waals surface area contributed by atoms with E-state index in [2.05, 4.69) is 5.32 Å². The SMILES string of the molecule is CNC1CCCN(C(=O)c2ccc(F)c(CSC)c2)C1. The number of hydrogen-bond donors (Lipinski definition) is 1. The zero-order valence-corrected chi connectivity index (χ0v) is 12.8. The third-order valence-corrected chi connectivity index (χ3v) is 4.31. The number of carbonyl (C=O) groups excluding carboxylic acids is 1. The Morgan fingerprint density at radius 2 is 2.35 bits per heavy atom. The van der Waals surface area contributed by atoms with Crippen LogP contribution in [0, 0.1) is 5.82 Å². The number of thioether (sulfide) groups is 1. The Balaban J connectivity index is 2.14. The smallest absolute Gasteiger partial charge is 0.253 e. The molecule has 2 rings (SSSR count). The van der Waals surface area contributed by atoms with Gasteiger partial charge in [0.1, 0.15) is 5.82 Å². The molecule has 3 nitrogen and oxygen atoms in total. The van der Waals surface area contributed by atoms with Gasteiger partial charge in [0.15, 0.2) is 0 Å². The van der Waals surface area contributed by atoms with E-state index in [1.165, 1.54) is 6.07 Å². The maximum Gasteiger partial charge on any atom is 0.253 e. The van der Waals surface area contributed by atoms with E-state index in [-0.39, 0.29) is 11.7 Å². The van der Waals surface area contributed by atoms with E-state index in [0.717, 1.165) is 25.9 Å². The largest absolute Gasteiger partial charge is 0.337 e. The zero-order valence-electron chi connectivity index (χ0n) is 12.0. The molecule has 1 aromatic carbocycles. The van der Waals surface area contributed by atoms with Crippen molar-refractivity contribution in [1.29, 1.82) is 0 Å². The van der Waals surface area contributed by atoms with Gasteiger partial charge in [-0.1, -0.05) is 0 Å². The molecule has 1 fully saturated rings. The first-order valence-electron chi connectivity index (χ1n) is 6.89. The highest BCUT2D eigenvalue weighted by Gasteiger charge is 2.23. The molecule has 0 radical (unpaired) electrons. The lowest BCUT2D eigenvalue weighted by Gasteiger charge is -2.32. The van der Waals surface area contributed by atoms with Crippen LogP contribution in [-0.2, 0) is 5.75 Å². The van der Waals surface area contributed by atoms with Crippen LogP contribution in [0.3, 0.4) is 0 Å². The number of halogens is 1. The molecule has 0 spiro atoms. The number of nitrogens with zero attached hydrogens (tertiary/aromatic N) is 1. The molecule has 0 aliphatic carbocycles. The molecule has 1 N–H and O–H groups in total. The quantitative estimate of drug-likeness (QED) is 0.926. The van der Waals surface area contributed by atoms with Gasteiger partial charge >= 0.3 is 0 Å². The Morgan fingerprint density at radius 3 is 3.05 bits per heavy atom. The molecule has 1 aromatic rings. The first-order chi connectivity index (χ1) is 9.65. The van der Waals surface area contributed by atoms with Crippen LogP contribution in [0.2, 0.25) is 0 Å². The summed E-state index contributed by atoms with van der Waals surface area (Å²) in [7, 11) is 1.92. The average Bonchev–Trinajstić information content (AvgIpc) is 2.49. The lowest BCUT2D eigenvalue weighted by atomic mass is 10.0. The summed E-state index contributed by atoms with van der Waals surface area (Å²) in [5, 5.41) is 3.22. The molecule has 1 aliphatic heterocycles. The van der Waals surface area contributed by atoms with Gasteiger partial charge in [0.25, 0.3) is 5.91 Å². The predicted molar refractivity (Wildman–Crippen MR) is 81.6 cm³/mol. The number of nitrogens with one attached hydrogen (secondary N) is 1. The van der Waals surface area contributed by atoms with Gasteiger partial charge < -0.3 is 10.2 Å². The third-order valence-electron chi connectivity index (χ3n) is 3.71. The lowest BCUT2D eigenvalue weighted by molar-refractivity contribution is 0.0698. The highest BCUT2D eigenvalue weighted by atomic mass is 32.2. The maximum absolute atomic E-state index is 13.6. The summed E-state index contributed by atoms with van der Waals surface area (Å²) in [6.45, 7) is 1.51. The zero-order chi connectivity index (χ0) is 14.5. The number of rotatable bonds is 4. The topological polar surface area (TPSA) is 32.3 Å². The van der Waals surface area contributed by atoms with Crippen LogP contribution in [0.15, 0.2) is 18.2 Å². The van der Waals surface area contributed by atoms with Crippen LogP contribution in [0.5, 0.6) is 0 Å². The molecule has 20 heavy (non-hydrogen) atoms. The van der Waals surface area contributed by atoms with E-state index in [4.69, 9.17) is 0 Å². The highest BCUT2D eigenvalue weighted by Crippen LogP contribution is 2.19. The molecule has 1 aliphatic rings. The van der Waals surface area contributed by atoms with Gasteiger partial charge in [-0.2, -0.15) is 11.8 Å². The van der Waals surface area contributed by atoms with Gasteiger partial charge in [-0.3, -0.25) is 4.79 Å². The minimum Gasteiger partial charge on any atom is -0.337 e. The van der Waals surface area contributed by atoms with E-state index in [0.29, 0.717) is 22.9 Å². The van der Waals surface area contributed by atoms with Crippen molar-refractivity contribution in [3.8, 4) is 0 Å². The van der Waals surface area contributed by atoms with Crippen LogP contribution in [0.4, 0.5) is 4.39 Å². The second-order valence-electron chi connectivity index (χ2n) is 5.12. The summed E-state index contributed by atoms with van der Waals surface area (Å²) >= 11 is 1.55. The van der Waals surface area contributed by atoms with Crippen molar-refractivity contribution >= 4 is 17.7 Å². The maximum atomic E-state index is 13.6. The Bertz CT molecular complexity index is 481. The number of piperidine rings is 1. The van der Waals surface area contributed by atoms with Crippen LogP contribution in [0.1, 0.15) is 28.8 Å². The minimum atomic E-state index is -0.234. The van der Waals surface area contributed by atoms with Gasteiger partial charge in [0, 0.05) is 30.4 Å². The van der Waals surface area contributed by atoms with Gasteiger partial charge in [0.2, 0.25) is 0 Å². The number of carbonyl (C=O) groups is 1. The van der Waals surface area contributed by atoms with Gasteiger partial charge in [-0.05, 0) is 49.9 Å². The molecular formula is C15H21FN2OS. The number of amides is 1. The van der Waals surface area contributed by atoms with Crippen molar-refractivity contribution in [3.05, 3.63) is 35.1 Å². The second-order valence-corrected chi connectivity index (χ2v) is 5.98. The second kappa shape index (κ2) is 7.09. The first kappa shape index (κ1) is 15.3. The van der Waals surface area contributed by atoms with Crippen LogP contribution in [0.25, 0.3) is 0 Å². The number of hydrogen-bond acceptors (Lipinski definition) is 3. The molecule has 1 amide bonds. The molecule has 1 heterocycles. The lowest BCUT2D eigenvalue weighted by Crippen LogP contribution is -2.46. The van der Waals surface area contributed by atoms with Crippen LogP contribution < -0.4 is 5.32 Å². The van der Waals surface area contributed by atoms with Crippen molar-refractivity contribution in [2.75, 3.05) is 26.4 Å². The van der Waals surface area contributed by atoms with Crippen LogP contribution >= 0.6 is 11.8 Å². The molecule has 5 heteroatoms. The molecule has 1 saturated heterocycles. The molecule has 1 atom stereocenters. The van der Waals surface area contributed by atoms with E-state index >= 15 is 0 Å². The standard InChI is InChI=1S/C15H21FN2OS/c1-17-13-4-3-7-18(9-13)15(19)11-5-6-14(16)12(8-11)10-20-2/h5-6,8,13,17H,3-4,7,9-10H2,1-2H3. The van der Waals surface area contributed by atoms with E-state index in [9.17, 15) is 9.18 Å². The molecule has 0 bridgehead atoms. The number of benzene rings is 1. The van der Waals surface area contributed by atoms with Crippen molar-refractivity contribution in [2.24, 2.45) is 0 Å². The minimum absolute atomic E-state index is 0.00676. The number of likely N-dealkylation sites (N-methyl/N-ethyl adjacent to an activating group) is 1. The normalized spacial score (nSPS) is 19.1. The Labute approximate surface area is 123 Å². The average molecular weight is 296 g/mol. The predicted octanol–water partition coefficient (Wildman–Crippen LogP) is 2.51. The summed E-state index contributed by atoms with van der Waals surface area (Å²) in [6, 6.07) is 5.04. The van der Waals surface area contributed by atoms with Crippen molar-refractivity contribution in [1.82, 2.24) is 10.2 Å². The van der Waals surface area contributed by atoms with Gasteiger partial charge in [0.05, 0.1) is 0 Å². The van der Waals surface area contributed by atoms with Crippen molar-refractivity contribution < 1.29 is 9.18 Å². The highest BCUT2D eigenvalue weighted by molar-refractivity contribution is 7.97. The molecule has 0 saturated carbocycles. The Hall–Kier alpha value is -1.07. The van der Waals surface area contributed by atoms with Gasteiger partial charge in [-0.25, -0.2) is 4.39 Å². The van der Waals surface area contributed by atoms with E-state index in [1.807, 2.05) is 18.2 Å².